The molecule has 280 valence electrons. The summed E-state index contributed by atoms with van der Waals surface area (Å²) >= 11 is 0. The van der Waals surface area contributed by atoms with Crippen LogP contribution in [0.1, 0.15) is 0 Å². The second-order valence-corrected chi connectivity index (χ2v) is 15.2. The van der Waals surface area contributed by atoms with E-state index >= 15 is 0 Å². The van der Waals surface area contributed by atoms with Gasteiger partial charge in [-0.15, -0.1) is 0 Å². The highest BCUT2D eigenvalue weighted by atomic mass is 15.0. The van der Waals surface area contributed by atoms with Gasteiger partial charge in [-0.2, -0.15) is 0 Å². The van der Waals surface area contributed by atoms with Crippen LogP contribution in [0.15, 0.2) is 212 Å². The Kier molecular flexibility index (Phi) is 7.78. The molecule has 60 heavy (non-hydrogen) atoms. The molecule has 0 unspecified atom stereocenters. The van der Waals surface area contributed by atoms with E-state index in [1.807, 2.05) is 60.7 Å². The Morgan fingerprint density at radius 1 is 0.267 bits per heavy atom. The van der Waals surface area contributed by atoms with Crippen LogP contribution in [0, 0.1) is 0 Å². The molecule has 0 spiro atoms. The molecule has 0 saturated heterocycles. The van der Waals surface area contributed by atoms with E-state index < -0.39 is 0 Å². The molecule has 5 nitrogen and oxygen atoms in total. The summed E-state index contributed by atoms with van der Waals surface area (Å²) in [7, 11) is 0. The number of fused-ring (bicyclic) bond motifs is 9. The summed E-state index contributed by atoms with van der Waals surface area (Å²) in [6, 6.07) is 75.1. The molecule has 5 heteroatoms. The molecule has 0 aliphatic heterocycles. The summed E-state index contributed by atoms with van der Waals surface area (Å²) in [4.78, 5) is 15.1. The zero-order chi connectivity index (χ0) is 39.6. The Hall–Kier alpha value is -8.15. The number of rotatable bonds is 6. The van der Waals surface area contributed by atoms with Gasteiger partial charge in [-0.25, -0.2) is 15.0 Å². The molecule has 0 saturated carbocycles. The highest BCUT2D eigenvalue weighted by Crippen LogP contribution is 2.45. The van der Waals surface area contributed by atoms with Gasteiger partial charge < -0.3 is 9.13 Å². The van der Waals surface area contributed by atoms with Crippen molar-refractivity contribution in [1.82, 2.24) is 24.1 Å². The maximum atomic E-state index is 5.09. The van der Waals surface area contributed by atoms with Crippen LogP contribution in [0.4, 0.5) is 0 Å². The molecule has 0 bridgehead atoms. The van der Waals surface area contributed by atoms with Crippen LogP contribution in [0.25, 0.3) is 111 Å². The molecule has 0 aliphatic carbocycles. The fourth-order valence-corrected chi connectivity index (χ4v) is 9.06. The first-order chi connectivity index (χ1) is 29.8. The van der Waals surface area contributed by atoms with Gasteiger partial charge in [-0.3, -0.25) is 0 Å². The minimum absolute atomic E-state index is 0.624. The highest BCUT2D eigenvalue weighted by Gasteiger charge is 2.23. The first kappa shape index (κ1) is 33.9. The average Bonchev–Trinajstić information content (AvgIpc) is 3.86. The normalized spacial score (nSPS) is 11.7. The first-order valence-corrected chi connectivity index (χ1v) is 20.3. The number of hydrogen-bond acceptors (Lipinski definition) is 3. The molecule has 0 fully saturated rings. The van der Waals surface area contributed by atoms with Crippen molar-refractivity contribution in [2.45, 2.75) is 0 Å². The van der Waals surface area contributed by atoms with Gasteiger partial charge in [0.05, 0.1) is 22.1 Å². The van der Waals surface area contributed by atoms with Crippen molar-refractivity contribution in [3.8, 4) is 56.7 Å². The zero-order valence-corrected chi connectivity index (χ0v) is 32.4. The Morgan fingerprint density at radius 2 is 0.700 bits per heavy atom. The van der Waals surface area contributed by atoms with Crippen molar-refractivity contribution in [2.24, 2.45) is 0 Å². The van der Waals surface area contributed by atoms with Gasteiger partial charge in [0.1, 0.15) is 0 Å². The molecule has 0 radical (unpaired) electrons. The van der Waals surface area contributed by atoms with E-state index in [2.05, 4.69) is 161 Å². The summed E-state index contributed by atoms with van der Waals surface area (Å²) < 4.78 is 4.85. The van der Waals surface area contributed by atoms with Gasteiger partial charge in [0, 0.05) is 49.6 Å². The molecule has 3 aromatic heterocycles. The van der Waals surface area contributed by atoms with Crippen LogP contribution >= 0.6 is 0 Å². The summed E-state index contributed by atoms with van der Waals surface area (Å²) in [5.41, 5.74) is 12.0. The number of benzene rings is 9. The third-order valence-corrected chi connectivity index (χ3v) is 11.7. The van der Waals surface area contributed by atoms with Crippen molar-refractivity contribution in [3.63, 3.8) is 0 Å². The molecule has 0 N–H and O–H groups in total. The van der Waals surface area contributed by atoms with E-state index in [0.717, 1.165) is 39.1 Å². The average molecular weight is 766 g/mol. The second-order valence-electron chi connectivity index (χ2n) is 15.2. The lowest BCUT2D eigenvalue weighted by atomic mass is 10.0. The zero-order valence-electron chi connectivity index (χ0n) is 32.4. The highest BCUT2D eigenvalue weighted by molar-refractivity contribution is 6.33. The van der Waals surface area contributed by atoms with E-state index in [1.165, 1.54) is 54.5 Å². The third-order valence-electron chi connectivity index (χ3n) is 11.7. The fraction of sp³-hybridized carbons (Fsp3) is 0. The van der Waals surface area contributed by atoms with E-state index in [1.54, 1.807) is 0 Å². The smallest absolute Gasteiger partial charge is 0.164 e. The minimum Gasteiger partial charge on any atom is -0.309 e. The molecule has 0 atom stereocenters. The van der Waals surface area contributed by atoms with Gasteiger partial charge in [0.15, 0.2) is 17.5 Å². The standard InChI is InChI=1S/C55H35N5/c1-4-16-36(17-5-1)40-23-14-25-42(34-40)59-46-29-13-12-28-45(46)51-48(59)32-33-49-52(51)50-44-27-11-10-18-37(44)30-31-47(50)60(49)43-26-15-24-41(35-43)55-57-53(38-19-6-2-7-20-38)56-54(58-55)39-21-8-3-9-22-39/h1-35H. The number of hydrogen-bond donors (Lipinski definition) is 0. The second kappa shape index (κ2) is 13.8. The van der Waals surface area contributed by atoms with E-state index in [9.17, 15) is 0 Å². The van der Waals surface area contributed by atoms with E-state index in [0.29, 0.717) is 17.5 Å². The van der Waals surface area contributed by atoms with Crippen molar-refractivity contribution >= 4 is 54.4 Å². The van der Waals surface area contributed by atoms with Gasteiger partial charge in [-0.1, -0.05) is 164 Å². The van der Waals surface area contributed by atoms with Crippen LogP contribution in [0.2, 0.25) is 0 Å². The van der Waals surface area contributed by atoms with Crippen molar-refractivity contribution < 1.29 is 0 Å². The molecular weight excluding hydrogens is 731 g/mol. The fourth-order valence-electron chi connectivity index (χ4n) is 9.06. The monoisotopic (exact) mass is 765 g/mol. The largest absolute Gasteiger partial charge is 0.309 e. The lowest BCUT2D eigenvalue weighted by Gasteiger charge is -2.12. The van der Waals surface area contributed by atoms with Gasteiger partial charge in [0.25, 0.3) is 0 Å². The molecule has 3 heterocycles. The van der Waals surface area contributed by atoms with Crippen molar-refractivity contribution in [2.75, 3.05) is 0 Å². The lowest BCUT2D eigenvalue weighted by molar-refractivity contribution is 1.07. The molecule has 0 aliphatic rings. The van der Waals surface area contributed by atoms with Crippen LogP contribution in [-0.4, -0.2) is 24.1 Å². The van der Waals surface area contributed by atoms with E-state index in [-0.39, 0.29) is 0 Å². The van der Waals surface area contributed by atoms with Gasteiger partial charge in [-0.05, 0) is 70.4 Å². The third kappa shape index (κ3) is 5.44. The molecule has 9 aromatic carbocycles. The summed E-state index contributed by atoms with van der Waals surface area (Å²) in [5, 5.41) is 7.36. The topological polar surface area (TPSA) is 48.5 Å². The number of para-hydroxylation sites is 1. The van der Waals surface area contributed by atoms with E-state index in [4.69, 9.17) is 15.0 Å². The Morgan fingerprint density at radius 3 is 1.35 bits per heavy atom. The Bertz CT molecular complexity index is 3530. The lowest BCUT2D eigenvalue weighted by Crippen LogP contribution is -2.01. The van der Waals surface area contributed by atoms with Crippen molar-refractivity contribution in [1.29, 1.82) is 0 Å². The SMILES string of the molecule is c1ccc(-c2cccc(-n3c4ccccc4c4c5c6c7ccccc7ccc6n(-c6cccc(-c7nc(-c8ccccc8)nc(-c8ccccc8)n7)c6)c5ccc43)c2)cc1. The Labute approximate surface area is 346 Å². The summed E-state index contributed by atoms with van der Waals surface area (Å²) in [6.07, 6.45) is 0. The van der Waals surface area contributed by atoms with Gasteiger partial charge >= 0.3 is 0 Å². The minimum atomic E-state index is 0.624. The summed E-state index contributed by atoms with van der Waals surface area (Å²) in [6.45, 7) is 0. The number of nitrogens with zero attached hydrogens (tertiary/aromatic N) is 5. The van der Waals surface area contributed by atoms with Gasteiger partial charge in [0.2, 0.25) is 0 Å². The van der Waals surface area contributed by atoms with Crippen LogP contribution in [0.3, 0.4) is 0 Å². The Balaban J connectivity index is 1.12. The van der Waals surface area contributed by atoms with Crippen LogP contribution in [-0.2, 0) is 0 Å². The number of aromatic nitrogens is 5. The summed E-state index contributed by atoms with van der Waals surface area (Å²) in [5.74, 6) is 1.90. The molecule has 12 rings (SSSR count). The maximum Gasteiger partial charge on any atom is 0.164 e. The molecule has 12 aromatic rings. The molecular formula is C55H35N5. The first-order valence-electron chi connectivity index (χ1n) is 20.3. The van der Waals surface area contributed by atoms with Crippen LogP contribution in [0.5, 0.6) is 0 Å². The van der Waals surface area contributed by atoms with Crippen molar-refractivity contribution in [3.05, 3.63) is 212 Å². The van der Waals surface area contributed by atoms with Crippen LogP contribution < -0.4 is 0 Å². The quantitative estimate of drug-likeness (QED) is 0.169. The predicted molar refractivity (Wildman–Crippen MR) is 248 cm³/mol. The predicted octanol–water partition coefficient (Wildman–Crippen LogP) is 13.9. The molecule has 0 amide bonds. The maximum absolute atomic E-state index is 5.09.